The van der Waals surface area contributed by atoms with Crippen LogP contribution in [0.4, 0.5) is 0 Å². The molecule has 158 valence electrons. The summed E-state index contributed by atoms with van der Waals surface area (Å²) in [5, 5.41) is 4.41. The van der Waals surface area contributed by atoms with Gasteiger partial charge in [-0.1, -0.05) is 18.2 Å². The Morgan fingerprint density at radius 2 is 1.67 bits per heavy atom. The van der Waals surface area contributed by atoms with Gasteiger partial charge in [-0.2, -0.15) is 0 Å². The van der Waals surface area contributed by atoms with Gasteiger partial charge in [0, 0.05) is 34.6 Å². The van der Waals surface area contributed by atoms with E-state index < -0.39 is 0 Å². The molecule has 2 N–H and O–H groups in total. The van der Waals surface area contributed by atoms with Crippen LogP contribution < -0.4 is 19.5 Å². The number of hydrogen-bond donors (Lipinski definition) is 2. The molecular weight excluding hydrogens is 380 g/mol. The minimum Gasteiger partial charge on any atom is -0.490 e. The first-order valence-corrected chi connectivity index (χ1v) is 10.6. The van der Waals surface area contributed by atoms with Gasteiger partial charge >= 0.3 is 0 Å². The van der Waals surface area contributed by atoms with Gasteiger partial charge in [-0.15, -0.1) is 0 Å². The number of carbonyl (C=O) groups excluding carboxylic acids is 1. The molecule has 1 atom stereocenters. The first-order valence-electron chi connectivity index (χ1n) is 10.6. The standard InChI is InChI=1S/C24H28N2O4/c1-4-28-21-11-15(12-22(29-5-2)23(21)30-6-3)24(27)25-16-13-18-17-9-7-8-10-19(17)26-20(18)14-16/h7-12,16,26H,4-6,13-14H2,1-3H3,(H,25,27). The number of nitrogens with one attached hydrogen (secondary N) is 2. The number of aromatic nitrogens is 1. The average Bonchev–Trinajstić information content (AvgIpc) is 3.27. The zero-order chi connectivity index (χ0) is 21.1. The Kier molecular flexibility index (Phi) is 5.84. The third kappa shape index (κ3) is 3.82. The zero-order valence-electron chi connectivity index (χ0n) is 17.7. The van der Waals surface area contributed by atoms with Crippen LogP contribution in [-0.4, -0.2) is 36.8 Å². The first-order chi connectivity index (χ1) is 14.6. The van der Waals surface area contributed by atoms with Crippen LogP contribution in [0.25, 0.3) is 10.9 Å². The highest BCUT2D eigenvalue weighted by Gasteiger charge is 2.27. The summed E-state index contributed by atoms with van der Waals surface area (Å²) in [6, 6.07) is 11.8. The molecule has 1 aromatic heterocycles. The fourth-order valence-electron chi connectivity index (χ4n) is 4.12. The van der Waals surface area contributed by atoms with Crippen molar-refractivity contribution in [3.05, 3.63) is 53.2 Å². The number of amides is 1. The molecule has 3 aromatic rings. The number of fused-ring (bicyclic) bond motifs is 3. The predicted octanol–water partition coefficient (Wildman–Crippen LogP) is 4.26. The fraction of sp³-hybridized carbons (Fsp3) is 0.375. The van der Waals surface area contributed by atoms with Gasteiger partial charge in [-0.25, -0.2) is 0 Å². The molecule has 0 saturated carbocycles. The van der Waals surface area contributed by atoms with Gasteiger partial charge < -0.3 is 24.5 Å². The Bertz CT molecular complexity index is 1030. The maximum absolute atomic E-state index is 13.0. The van der Waals surface area contributed by atoms with Crippen LogP contribution in [0, 0.1) is 0 Å². The van der Waals surface area contributed by atoms with Gasteiger partial charge in [-0.05, 0) is 51.0 Å². The second-order valence-electron chi connectivity index (χ2n) is 7.31. The maximum Gasteiger partial charge on any atom is 0.251 e. The maximum atomic E-state index is 13.0. The van der Waals surface area contributed by atoms with Crippen molar-refractivity contribution in [1.82, 2.24) is 10.3 Å². The number of carbonyl (C=O) groups is 1. The molecule has 0 aliphatic heterocycles. The van der Waals surface area contributed by atoms with E-state index >= 15 is 0 Å². The molecule has 2 aromatic carbocycles. The lowest BCUT2D eigenvalue weighted by Crippen LogP contribution is -2.35. The van der Waals surface area contributed by atoms with Gasteiger partial charge in [0.05, 0.1) is 19.8 Å². The van der Waals surface area contributed by atoms with Crippen molar-refractivity contribution in [3.63, 3.8) is 0 Å². The van der Waals surface area contributed by atoms with Crippen LogP contribution in [-0.2, 0) is 12.8 Å². The van der Waals surface area contributed by atoms with E-state index in [1.807, 2.05) is 32.9 Å². The third-order valence-electron chi connectivity index (χ3n) is 5.31. The molecule has 1 amide bonds. The van der Waals surface area contributed by atoms with Gasteiger partial charge in [0.2, 0.25) is 5.75 Å². The van der Waals surface area contributed by atoms with Crippen LogP contribution in [0.15, 0.2) is 36.4 Å². The summed E-state index contributed by atoms with van der Waals surface area (Å²) in [6.45, 7) is 7.14. The SMILES string of the molecule is CCOc1cc(C(=O)NC2Cc3[nH]c4ccccc4c3C2)cc(OCC)c1OCC. The lowest BCUT2D eigenvalue weighted by Gasteiger charge is -2.18. The normalized spacial score (nSPS) is 15.1. The van der Waals surface area contributed by atoms with Crippen molar-refractivity contribution in [1.29, 1.82) is 0 Å². The number of rotatable bonds is 8. The molecule has 0 fully saturated rings. The molecule has 0 radical (unpaired) electrons. The second kappa shape index (κ2) is 8.69. The predicted molar refractivity (Wildman–Crippen MR) is 117 cm³/mol. The number of benzene rings is 2. The Morgan fingerprint density at radius 3 is 2.33 bits per heavy atom. The number of hydrogen-bond acceptors (Lipinski definition) is 4. The van der Waals surface area contributed by atoms with Crippen LogP contribution in [0.2, 0.25) is 0 Å². The van der Waals surface area contributed by atoms with E-state index in [0.717, 1.165) is 18.4 Å². The van der Waals surface area contributed by atoms with Crippen LogP contribution in [0.1, 0.15) is 42.4 Å². The highest BCUT2D eigenvalue weighted by molar-refractivity contribution is 5.96. The van der Waals surface area contributed by atoms with E-state index in [0.29, 0.717) is 42.6 Å². The lowest BCUT2D eigenvalue weighted by molar-refractivity contribution is 0.0937. The summed E-state index contributed by atoms with van der Waals surface area (Å²) in [6.07, 6.45) is 1.61. The van der Waals surface area contributed by atoms with Crippen molar-refractivity contribution in [3.8, 4) is 17.2 Å². The molecule has 1 heterocycles. The number of ether oxygens (including phenoxy) is 3. The Balaban J connectivity index is 1.55. The molecule has 6 nitrogen and oxygen atoms in total. The number of aromatic amines is 1. The van der Waals surface area contributed by atoms with Crippen molar-refractivity contribution in [2.45, 2.75) is 39.7 Å². The summed E-state index contributed by atoms with van der Waals surface area (Å²) >= 11 is 0. The van der Waals surface area contributed by atoms with E-state index in [1.165, 1.54) is 16.6 Å². The fourth-order valence-corrected chi connectivity index (χ4v) is 4.12. The molecule has 0 saturated heterocycles. The topological polar surface area (TPSA) is 72.6 Å². The van der Waals surface area contributed by atoms with Crippen molar-refractivity contribution < 1.29 is 19.0 Å². The average molecular weight is 408 g/mol. The summed E-state index contributed by atoms with van der Waals surface area (Å²) < 4.78 is 17.2. The van der Waals surface area contributed by atoms with E-state index in [-0.39, 0.29) is 11.9 Å². The first kappa shape index (κ1) is 20.1. The highest BCUT2D eigenvalue weighted by atomic mass is 16.5. The minimum atomic E-state index is -0.139. The molecule has 1 aliphatic carbocycles. The Morgan fingerprint density at radius 1 is 1.00 bits per heavy atom. The van der Waals surface area contributed by atoms with E-state index in [1.54, 1.807) is 12.1 Å². The molecule has 4 rings (SSSR count). The molecule has 6 heteroatoms. The lowest BCUT2D eigenvalue weighted by atomic mass is 10.1. The largest absolute Gasteiger partial charge is 0.490 e. The molecule has 30 heavy (non-hydrogen) atoms. The highest BCUT2D eigenvalue weighted by Crippen LogP contribution is 2.39. The molecule has 0 bridgehead atoms. The van der Waals surface area contributed by atoms with Crippen LogP contribution >= 0.6 is 0 Å². The van der Waals surface area contributed by atoms with E-state index in [2.05, 4.69) is 22.4 Å². The summed E-state index contributed by atoms with van der Waals surface area (Å²) in [7, 11) is 0. The summed E-state index contributed by atoms with van der Waals surface area (Å²) in [5.74, 6) is 1.45. The summed E-state index contributed by atoms with van der Waals surface area (Å²) in [4.78, 5) is 16.5. The zero-order valence-corrected chi connectivity index (χ0v) is 17.7. The Labute approximate surface area is 176 Å². The van der Waals surface area contributed by atoms with Gasteiger partial charge in [0.25, 0.3) is 5.91 Å². The smallest absolute Gasteiger partial charge is 0.251 e. The van der Waals surface area contributed by atoms with Gasteiger partial charge in [0.15, 0.2) is 11.5 Å². The van der Waals surface area contributed by atoms with Crippen molar-refractivity contribution in [2.24, 2.45) is 0 Å². The second-order valence-corrected chi connectivity index (χ2v) is 7.31. The van der Waals surface area contributed by atoms with Crippen LogP contribution in [0.3, 0.4) is 0 Å². The Hall–Kier alpha value is -3.15. The van der Waals surface area contributed by atoms with E-state index in [4.69, 9.17) is 14.2 Å². The number of H-pyrrole nitrogens is 1. The van der Waals surface area contributed by atoms with Gasteiger partial charge in [-0.3, -0.25) is 4.79 Å². The molecular formula is C24H28N2O4. The minimum absolute atomic E-state index is 0.0565. The summed E-state index contributed by atoms with van der Waals surface area (Å²) in [5.41, 5.74) is 4.16. The monoisotopic (exact) mass is 408 g/mol. The quantitative estimate of drug-likeness (QED) is 0.584. The van der Waals surface area contributed by atoms with Crippen LogP contribution in [0.5, 0.6) is 17.2 Å². The van der Waals surface area contributed by atoms with Crippen molar-refractivity contribution in [2.75, 3.05) is 19.8 Å². The molecule has 1 unspecified atom stereocenters. The molecule has 1 aliphatic rings. The van der Waals surface area contributed by atoms with Gasteiger partial charge in [0.1, 0.15) is 0 Å². The molecule has 0 spiro atoms. The van der Waals surface area contributed by atoms with E-state index in [9.17, 15) is 4.79 Å². The number of para-hydroxylation sites is 1. The van der Waals surface area contributed by atoms with Crippen molar-refractivity contribution >= 4 is 16.8 Å². The third-order valence-corrected chi connectivity index (χ3v) is 5.31.